The minimum Gasteiger partial charge on any atom is -0.373 e. The number of hydrogen-bond donors (Lipinski definition) is 1. The summed E-state index contributed by atoms with van der Waals surface area (Å²) in [6, 6.07) is 13.6. The molecule has 2 fully saturated rings. The first-order valence-corrected chi connectivity index (χ1v) is 11.7. The van der Waals surface area contributed by atoms with Crippen molar-refractivity contribution in [3.8, 4) is 0 Å². The molecule has 0 spiro atoms. The van der Waals surface area contributed by atoms with E-state index in [1.807, 2.05) is 12.1 Å². The van der Waals surface area contributed by atoms with Crippen LogP contribution in [0.25, 0.3) is 0 Å². The second-order valence-electron chi connectivity index (χ2n) is 9.10. The number of hydrogen-bond acceptors (Lipinski definition) is 4. The smallest absolute Gasteiger partial charge is 0.322 e. The largest absolute Gasteiger partial charge is 0.373 e. The van der Waals surface area contributed by atoms with E-state index >= 15 is 0 Å². The molecule has 0 radical (unpaired) electrons. The fourth-order valence-corrected chi connectivity index (χ4v) is 4.76. The molecule has 2 heterocycles. The van der Waals surface area contributed by atoms with Crippen molar-refractivity contribution in [2.75, 3.05) is 44.6 Å². The number of carbonyl (C=O) groups is 2. The van der Waals surface area contributed by atoms with Gasteiger partial charge in [-0.25, -0.2) is 9.18 Å². The van der Waals surface area contributed by atoms with Gasteiger partial charge in [-0.15, -0.1) is 0 Å². The van der Waals surface area contributed by atoms with Gasteiger partial charge < -0.3 is 19.9 Å². The highest BCUT2D eigenvalue weighted by Gasteiger charge is 2.28. The van der Waals surface area contributed by atoms with Gasteiger partial charge in [-0.05, 0) is 68.5 Å². The molecule has 6 nitrogen and oxygen atoms in total. The van der Waals surface area contributed by atoms with Crippen molar-refractivity contribution in [3.05, 3.63) is 65.5 Å². The first kappa shape index (κ1) is 23.4. The van der Waals surface area contributed by atoms with E-state index in [1.165, 1.54) is 31.0 Å². The molecule has 0 unspecified atom stereocenters. The highest BCUT2D eigenvalue weighted by Crippen LogP contribution is 2.22. The summed E-state index contributed by atoms with van der Waals surface area (Å²) < 4.78 is 19.2. The van der Waals surface area contributed by atoms with Gasteiger partial charge in [-0.3, -0.25) is 4.79 Å². The topological polar surface area (TPSA) is 61.9 Å². The van der Waals surface area contributed by atoms with Crippen molar-refractivity contribution >= 4 is 17.5 Å². The van der Waals surface area contributed by atoms with Gasteiger partial charge in [-0.2, -0.15) is 0 Å². The molecule has 0 bridgehead atoms. The summed E-state index contributed by atoms with van der Waals surface area (Å²) in [5.74, 6) is 0.316. The Bertz CT molecular complexity index is 966. The van der Waals surface area contributed by atoms with Crippen molar-refractivity contribution in [2.45, 2.75) is 32.3 Å². The zero-order valence-electron chi connectivity index (χ0n) is 19.1. The number of benzene rings is 2. The average Bonchev–Trinajstić information content (AvgIpc) is 2.81. The van der Waals surface area contributed by atoms with Crippen molar-refractivity contribution in [1.82, 2.24) is 9.80 Å². The third-order valence-corrected chi connectivity index (χ3v) is 6.45. The number of carbonyl (C=O) groups excluding carboxylic acids is 2. The van der Waals surface area contributed by atoms with Gasteiger partial charge in [0.15, 0.2) is 5.78 Å². The molecule has 1 N–H and O–H groups in total. The number of halogens is 1. The molecule has 2 saturated heterocycles. The van der Waals surface area contributed by atoms with Gasteiger partial charge in [0.2, 0.25) is 0 Å². The SMILES string of the molecule is CC(=O)c1cccc(NC(=O)N2CCO[C@H](CN3CCC[C@@H](Cc4ccc(F)cc4)C3)C2)c1. The maximum absolute atomic E-state index is 13.2. The number of urea groups is 1. The molecule has 0 aromatic heterocycles. The second-order valence-corrected chi connectivity index (χ2v) is 9.10. The van der Waals surface area contributed by atoms with Crippen molar-refractivity contribution in [3.63, 3.8) is 0 Å². The Labute approximate surface area is 194 Å². The number of morpholine rings is 1. The summed E-state index contributed by atoms with van der Waals surface area (Å²) in [6.07, 6.45) is 3.23. The third-order valence-electron chi connectivity index (χ3n) is 6.45. The lowest BCUT2D eigenvalue weighted by molar-refractivity contribution is -0.0340. The molecule has 4 rings (SSSR count). The number of ether oxygens (including phenoxy) is 1. The lowest BCUT2D eigenvalue weighted by Gasteiger charge is -2.38. The maximum atomic E-state index is 13.2. The number of ketones is 1. The summed E-state index contributed by atoms with van der Waals surface area (Å²) >= 11 is 0. The molecule has 176 valence electrons. The van der Waals surface area contributed by atoms with E-state index in [2.05, 4.69) is 10.2 Å². The van der Waals surface area contributed by atoms with Gasteiger partial charge in [0.1, 0.15) is 5.82 Å². The average molecular weight is 454 g/mol. The standard InChI is InChI=1S/C26H32FN3O3/c1-19(31)22-5-2-6-24(15-22)28-26(32)30-12-13-33-25(18-30)17-29-11-3-4-21(16-29)14-20-7-9-23(27)10-8-20/h2,5-10,15,21,25H,3-4,11-14,16-18H2,1H3,(H,28,32)/t21-,25+/m0/s1. The molecule has 2 aliphatic rings. The predicted octanol–water partition coefficient (Wildman–Crippen LogP) is 4.22. The Morgan fingerprint density at radius 3 is 2.73 bits per heavy atom. The Morgan fingerprint density at radius 1 is 1.12 bits per heavy atom. The van der Waals surface area contributed by atoms with E-state index in [-0.39, 0.29) is 23.7 Å². The van der Waals surface area contributed by atoms with E-state index in [0.717, 1.165) is 32.5 Å². The Balaban J connectivity index is 1.28. The zero-order chi connectivity index (χ0) is 23.2. The molecule has 0 saturated carbocycles. The Kier molecular flexibility index (Phi) is 7.73. The summed E-state index contributed by atoms with van der Waals surface area (Å²) in [4.78, 5) is 28.6. The zero-order valence-corrected chi connectivity index (χ0v) is 19.1. The molecule has 2 aliphatic heterocycles. The van der Waals surface area contributed by atoms with Crippen LogP contribution in [-0.4, -0.2) is 67.0 Å². The molecule has 0 aliphatic carbocycles. The van der Waals surface area contributed by atoms with E-state index in [0.29, 0.717) is 36.9 Å². The Hall–Kier alpha value is -2.77. The number of amides is 2. The van der Waals surface area contributed by atoms with E-state index < -0.39 is 0 Å². The molecule has 2 aromatic carbocycles. The minimum atomic E-state index is -0.196. The maximum Gasteiger partial charge on any atom is 0.322 e. The number of Topliss-reactive ketones (excluding diaryl/α,β-unsaturated/α-hetero) is 1. The number of piperidine rings is 1. The van der Waals surface area contributed by atoms with Crippen LogP contribution in [0.3, 0.4) is 0 Å². The first-order valence-electron chi connectivity index (χ1n) is 11.7. The van der Waals surface area contributed by atoms with Crippen molar-refractivity contribution < 1.29 is 18.7 Å². The van der Waals surface area contributed by atoms with Crippen molar-refractivity contribution in [2.24, 2.45) is 5.92 Å². The van der Waals surface area contributed by atoms with Crippen LogP contribution >= 0.6 is 0 Å². The van der Waals surface area contributed by atoms with Gasteiger partial charge >= 0.3 is 6.03 Å². The summed E-state index contributed by atoms with van der Waals surface area (Å²) in [7, 11) is 0. The van der Waals surface area contributed by atoms with Crippen LogP contribution in [0.5, 0.6) is 0 Å². The van der Waals surface area contributed by atoms with Crippen LogP contribution in [-0.2, 0) is 11.2 Å². The quantitative estimate of drug-likeness (QED) is 0.666. The summed E-state index contributed by atoms with van der Waals surface area (Å²) in [5.41, 5.74) is 2.37. The highest BCUT2D eigenvalue weighted by molar-refractivity contribution is 5.96. The summed E-state index contributed by atoms with van der Waals surface area (Å²) in [5, 5.41) is 2.91. The van der Waals surface area contributed by atoms with E-state index in [4.69, 9.17) is 4.74 Å². The molecule has 2 aromatic rings. The molecular formula is C26H32FN3O3. The first-order chi connectivity index (χ1) is 16.0. The molecule has 33 heavy (non-hydrogen) atoms. The van der Waals surface area contributed by atoms with Crippen LogP contribution in [0.2, 0.25) is 0 Å². The number of nitrogens with zero attached hydrogens (tertiary/aromatic N) is 2. The van der Waals surface area contributed by atoms with Gasteiger partial charge in [0.05, 0.1) is 12.7 Å². The van der Waals surface area contributed by atoms with Crippen LogP contribution < -0.4 is 5.32 Å². The fourth-order valence-electron chi connectivity index (χ4n) is 4.76. The normalized spacial score (nSPS) is 21.6. The van der Waals surface area contributed by atoms with Crippen LogP contribution in [0.1, 0.15) is 35.7 Å². The predicted molar refractivity (Wildman–Crippen MR) is 126 cm³/mol. The molecule has 7 heteroatoms. The van der Waals surface area contributed by atoms with Gasteiger partial charge in [0.25, 0.3) is 0 Å². The minimum absolute atomic E-state index is 0.0300. The molecule has 2 amide bonds. The number of rotatable bonds is 6. The monoisotopic (exact) mass is 453 g/mol. The molecular weight excluding hydrogens is 421 g/mol. The highest BCUT2D eigenvalue weighted by atomic mass is 19.1. The third kappa shape index (κ3) is 6.62. The van der Waals surface area contributed by atoms with E-state index in [9.17, 15) is 14.0 Å². The second kappa shape index (κ2) is 10.9. The lowest BCUT2D eigenvalue weighted by atomic mass is 9.91. The Morgan fingerprint density at radius 2 is 1.94 bits per heavy atom. The van der Waals surface area contributed by atoms with Crippen LogP contribution in [0.15, 0.2) is 48.5 Å². The summed E-state index contributed by atoms with van der Waals surface area (Å²) in [6.45, 7) is 5.92. The van der Waals surface area contributed by atoms with Crippen LogP contribution in [0.4, 0.5) is 14.9 Å². The van der Waals surface area contributed by atoms with E-state index in [1.54, 1.807) is 29.2 Å². The van der Waals surface area contributed by atoms with Gasteiger partial charge in [0, 0.05) is 37.4 Å². The van der Waals surface area contributed by atoms with Crippen molar-refractivity contribution in [1.29, 1.82) is 0 Å². The fraction of sp³-hybridized carbons (Fsp3) is 0.462. The van der Waals surface area contributed by atoms with Gasteiger partial charge in [-0.1, -0.05) is 24.3 Å². The van der Waals surface area contributed by atoms with Crippen LogP contribution in [0, 0.1) is 11.7 Å². The molecule has 2 atom stereocenters. The lowest BCUT2D eigenvalue weighted by Crippen LogP contribution is -2.52. The number of anilines is 1. The number of nitrogens with one attached hydrogen (secondary N) is 1. The number of likely N-dealkylation sites (tertiary alicyclic amines) is 1.